The van der Waals surface area contributed by atoms with Crippen molar-refractivity contribution in [3.8, 4) is 0 Å². The molecule has 0 saturated heterocycles. The van der Waals surface area contributed by atoms with Crippen LogP contribution in [-0.4, -0.2) is 19.5 Å². The lowest BCUT2D eigenvalue weighted by Crippen LogP contribution is -2.05. The minimum atomic E-state index is 0.372. The monoisotopic (exact) mass is 336 g/mol. The van der Waals surface area contributed by atoms with E-state index in [2.05, 4.69) is 35.4 Å². The van der Waals surface area contributed by atoms with Crippen LogP contribution in [0.5, 0.6) is 0 Å². The molecule has 0 fully saturated rings. The number of aromatic nitrogens is 4. The van der Waals surface area contributed by atoms with E-state index in [1.165, 1.54) is 0 Å². The quantitative estimate of drug-likeness (QED) is 0.688. The van der Waals surface area contributed by atoms with E-state index in [0.717, 1.165) is 27.0 Å². The van der Waals surface area contributed by atoms with Gasteiger partial charge in [-0.1, -0.05) is 15.9 Å². The molecule has 0 saturated carbocycles. The summed E-state index contributed by atoms with van der Waals surface area (Å²) in [4.78, 5) is 12.7. The van der Waals surface area contributed by atoms with Gasteiger partial charge in [0.05, 0.1) is 29.2 Å². The first kappa shape index (κ1) is 12.6. The largest absolute Gasteiger partial charge is 0.321 e. The van der Waals surface area contributed by atoms with Crippen molar-refractivity contribution >= 4 is 38.6 Å². The Bertz CT molecular complexity index is 711. The summed E-state index contributed by atoms with van der Waals surface area (Å²) in [5, 5.41) is 0. The maximum atomic E-state index is 5.98. The van der Waals surface area contributed by atoms with Crippen molar-refractivity contribution in [1.29, 1.82) is 0 Å². The molecule has 1 aromatic carbocycles. The third-order valence-corrected chi connectivity index (χ3v) is 3.60. The molecular formula is C13H10BrClN4. The van der Waals surface area contributed by atoms with E-state index in [-0.39, 0.29) is 0 Å². The van der Waals surface area contributed by atoms with Crippen LogP contribution in [0.1, 0.15) is 11.5 Å². The van der Waals surface area contributed by atoms with Crippen LogP contribution in [0.2, 0.25) is 0 Å². The molecule has 2 aromatic heterocycles. The fourth-order valence-corrected chi connectivity index (χ4v) is 2.56. The number of hydrogen-bond donors (Lipinski definition) is 0. The number of imidazole rings is 1. The zero-order valence-corrected chi connectivity index (χ0v) is 12.3. The van der Waals surface area contributed by atoms with E-state index in [9.17, 15) is 0 Å². The molecular weight excluding hydrogens is 328 g/mol. The van der Waals surface area contributed by atoms with Crippen LogP contribution in [0, 0.1) is 0 Å². The topological polar surface area (TPSA) is 43.6 Å². The number of benzene rings is 1. The molecule has 0 aliphatic heterocycles. The fraction of sp³-hybridized carbons (Fsp3) is 0.154. The van der Waals surface area contributed by atoms with E-state index in [4.69, 9.17) is 11.6 Å². The summed E-state index contributed by atoms with van der Waals surface area (Å²) >= 11 is 9.43. The van der Waals surface area contributed by atoms with Crippen LogP contribution < -0.4 is 0 Å². The van der Waals surface area contributed by atoms with Crippen molar-refractivity contribution in [2.24, 2.45) is 0 Å². The lowest BCUT2D eigenvalue weighted by molar-refractivity contribution is 0.754. The second-order valence-electron chi connectivity index (χ2n) is 4.08. The predicted molar refractivity (Wildman–Crippen MR) is 78.1 cm³/mol. The Hall–Kier alpha value is -1.46. The Morgan fingerprint density at radius 1 is 1.26 bits per heavy atom. The molecule has 4 nitrogen and oxygen atoms in total. The van der Waals surface area contributed by atoms with E-state index in [0.29, 0.717) is 12.4 Å². The van der Waals surface area contributed by atoms with Gasteiger partial charge in [0.15, 0.2) is 0 Å². The van der Waals surface area contributed by atoms with Crippen LogP contribution in [0.3, 0.4) is 0 Å². The highest BCUT2D eigenvalue weighted by atomic mass is 79.9. The molecule has 3 rings (SSSR count). The maximum Gasteiger partial charge on any atom is 0.125 e. The summed E-state index contributed by atoms with van der Waals surface area (Å²) in [5.74, 6) is 1.21. The third-order valence-electron chi connectivity index (χ3n) is 2.87. The average molecular weight is 338 g/mol. The second kappa shape index (κ2) is 5.27. The maximum absolute atomic E-state index is 5.98. The van der Waals surface area contributed by atoms with Crippen molar-refractivity contribution in [1.82, 2.24) is 19.5 Å². The van der Waals surface area contributed by atoms with Gasteiger partial charge in [0.25, 0.3) is 0 Å². The standard InChI is InChI=1S/C13H10BrClN4/c14-9-1-2-12-11(5-9)18-13(6-15)19(12)7-10-3-4-16-8-17-10/h1-5,8H,6-7H2. The molecule has 0 aliphatic carbocycles. The van der Waals surface area contributed by atoms with Gasteiger partial charge in [0.1, 0.15) is 12.2 Å². The van der Waals surface area contributed by atoms with Crippen molar-refractivity contribution in [2.75, 3.05) is 0 Å². The molecule has 0 aliphatic rings. The SMILES string of the molecule is ClCc1nc2cc(Br)ccc2n1Cc1ccncn1. The highest BCUT2D eigenvalue weighted by Gasteiger charge is 2.11. The van der Waals surface area contributed by atoms with Crippen molar-refractivity contribution in [3.63, 3.8) is 0 Å². The van der Waals surface area contributed by atoms with Crippen LogP contribution >= 0.6 is 27.5 Å². The average Bonchev–Trinajstić information content (AvgIpc) is 2.77. The first-order valence-corrected chi connectivity index (χ1v) is 7.06. The van der Waals surface area contributed by atoms with Crippen molar-refractivity contribution in [2.45, 2.75) is 12.4 Å². The first-order chi connectivity index (χ1) is 9.28. The van der Waals surface area contributed by atoms with Crippen LogP contribution in [0.15, 0.2) is 41.3 Å². The summed E-state index contributed by atoms with van der Waals surface area (Å²) in [6.07, 6.45) is 3.28. The fourth-order valence-electron chi connectivity index (χ4n) is 2.00. The van der Waals surface area contributed by atoms with Gasteiger partial charge in [0.2, 0.25) is 0 Å². The summed E-state index contributed by atoms with van der Waals surface area (Å²) in [7, 11) is 0. The van der Waals surface area contributed by atoms with Gasteiger partial charge in [-0.3, -0.25) is 0 Å². The Morgan fingerprint density at radius 3 is 2.89 bits per heavy atom. The lowest BCUT2D eigenvalue weighted by atomic mass is 10.3. The number of fused-ring (bicyclic) bond motifs is 1. The summed E-state index contributed by atoms with van der Waals surface area (Å²) in [6.45, 7) is 0.642. The highest BCUT2D eigenvalue weighted by Crippen LogP contribution is 2.22. The number of alkyl halides is 1. The Balaban J connectivity index is 2.11. The van der Waals surface area contributed by atoms with Gasteiger partial charge in [0, 0.05) is 10.7 Å². The molecule has 0 amide bonds. The molecule has 0 N–H and O–H groups in total. The molecule has 0 atom stereocenters. The van der Waals surface area contributed by atoms with Crippen molar-refractivity contribution in [3.05, 3.63) is 52.8 Å². The van der Waals surface area contributed by atoms with Crippen LogP contribution in [0.25, 0.3) is 11.0 Å². The number of halogens is 2. The normalized spacial score (nSPS) is 11.1. The lowest BCUT2D eigenvalue weighted by Gasteiger charge is -2.06. The minimum absolute atomic E-state index is 0.372. The molecule has 19 heavy (non-hydrogen) atoms. The van der Waals surface area contributed by atoms with Gasteiger partial charge in [-0.05, 0) is 24.3 Å². The Morgan fingerprint density at radius 2 is 2.16 bits per heavy atom. The van der Waals surface area contributed by atoms with Crippen molar-refractivity contribution < 1.29 is 0 Å². The Labute approximate surface area is 123 Å². The number of rotatable bonds is 3. The second-order valence-corrected chi connectivity index (χ2v) is 5.26. The molecule has 2 heterocycles. The van der Waals surface area contributed by atoms with Crippen LogP contribution in [0.4, 0.5) is 0 Å². The zero-order valence-electron chi connectivity index (χ0n) is 9.92. The molecule has 96 valence electrons. The summed E-state index contributed by atoms with van der Waals surface area (Å²) in [6, 6.07) is 7.91. The van der Waals surface area contributed by atoms with Gasteiger partial charge < -0.3 is 4.57 Å². The molecule has 6 heteroatoms. The van der Waals surface area contributed by atoms with Gasteiger partial charge in [-0.15, -0.1) is 11.6 Å². The zero-order chi connectivity index (χ0) is 13.2. The Kier molecular flexibility index (Phi) is 3.48. The minimum Gasteiger partial charge on any atom is -0.321 e. The highest BCUT2D eigenvalue weighted by molar-refractivity contribution is 9.10. The molecule has 0 spiro atoms. The van der Waals surface area contributed by atoms with Gasteiger partial charge in [-0.2, -0.15) is 0 Å². The van der Waals surface area contributed by atoms with Gasteiger partial charge >= 0.3 is 0 Å². The van der Waals surface area contributed by atoms with E-state index < -0.39 is 0 Å². The first-order valence-electron chi connectivity index (χ1n) is 5.73. The van der Waals surface area contributed by atoms with E-state index in [1.807, 2.05) is 24.3 Å². The molecule has 0 bridgehead atoms. The predicted octanol–water partition coefficient (Wildman–Crippen LogP) is 3.38. The van der Waals surface area contributed by atoms with E-state index in [1.54, 1.807) is 12.5 Å². The number of hydrogen-bond acceptors (Lipinski definition) is 3. The van der Waals surface area contributed by atoms with Crippen LogP contribution in [-0.2, 0) is 12.4 Å². The molecule has 3 aromatic rings. The van der Waals surface area contributed by atoms with E-state index >= 15 is 0 Å². The summed E-state index contributed by atoms with van der Waals surface area (Å²) in [5.41, 5.74) is 2.92. The third kappa shape index (κ3) is 2.48. The molecule has 0 radical (unpaired) electrons. The van der Waals surface area contributed by atoms with Gasteiger partial charge in [-0.25, -0.2) is 15.0 Å². The summed E-state index contributed by atoms with van der Waals surface area (Å²) < 4.78 is 3.09. The smallest absolute Gasteiger partial charge is 0.125 e. The number of nitrogens with zero attached hydrogens (tertiary/aromatic N) is 4. The molecule has 0 unspecified atom stereocenters.